The molecule has 13 heteroatoms. The van der Waals surface area contributed by atoms with Gasteiger partial charge in [-0.15, -0.1) is 5.10 Å². The summed E-state index contributed by atoms with van der Waals surface area (Å²) in [5, 5.41) is 10.3. The van der Waals surface area contributed by atoms with E-state index < -0.39 is 15.8 Å². The fraction of sp³-hybridized carbons (Fsp3) is 0.737. The van der Waals surface area contributed by atoms with Gasteiger partial charge in [-0.25, -0.2) is 13.1 Å². The first-order valence-electron chi connectivity index (χ1n) is 10.5. The van der Waals surface area contributed by atoms with Gasteiger partial charge in [0.15, 0.2) is 9.84 Å². The van der Waals surface area contributed by atoms with Crippen LogP contribution in [0.15, 0.2) is 12.2 Å². The summed E-state index contributed by atoms with van der Waals surface area (Å²) in [6, 6.07) is 0. The van der Waals surface area contributed by atoms with Gasteiger partial charge in [-0.05, 0) is 6.92 Å². The molecule has 182 valence electrons. The van der Waals surface area contributed by atoms with E-state index in [-0.39, 0.29) is 42.8 Å². The molecule has 0 bridgehead atoms. The summed E-state index contributed by atoms with van der Waals surface area (Å²) < 4.78 is 54.6. The Morgan fingerprint density at radius 2 is 1.69 bits per heavy atom. The fourth-order valence-electron chi connectivity index (χ4n) is 2.78. The number of sulfone groups is 1. The maximum absolute atomic E-state index is 14.4. The van der Waals surface area contributed by atoms with Crippen LogP contribution in [0.3, 0.4) is 0 Å². The van der Waals surface area contributed by atoms with Crippen molar-refractivity contribution >= 4 is 15.7 Å². The Kier molecular flexibility index (Phi) is 11.2. The number of hydrogen-bond acceptors (Lipinski definition) is 9. The number of nitrogens with zero attached hydrogens (tertiary/aromatic N) is 4. The Labute approximate surface area is 187 Å². The van der Waals surface area contributed by atoms with E-state index >= 15 is 0 Å². The first-order chi connectivity index (χ1) is 15.3. The van der Waals surface area contributed by atoms with E-state index in [0.29, 0.717) is 58.2 Å². The van der Waals surface area contributed by atoms with Crippen LogP contribution in [-0.4, -0.2) is 105 Å². The zero-order valence-electron chi connectivity index (χ0n) is 18.4. The van der Waals surface area contributed by atoms with Gasteiger partial charge in [0.1, 0.15) is 5.69 Å². The summed E-state index contributed by atoms with van der Waals surface area (Å²) in [4.78, 5) is 13.1. The van der Waals surface area contributed by atoms with E-state index in [2.05, 4.69) is 22.2 Å². The summed E-state index contributed by atoms with van der Waals surface area (Å²) >= 11 is 0. The molecule has 1 saturated heterocycles. The summed E-state index contributed by atoms with van der Waals surface area (Å²) in [6.45, 7) is 8.95. The van der Waals surface area contributed by atoms with Gasteiger partial charge >= 0.3 is 0 Å². The molecule has 1 amide bonds. The first-order valence-corrected chi connectivity index (χ1v) is 12.3. The van der Waals surface area contributed by atoms with Crippen molar-refractivity contribution in [3.8, 4) is 0 Å². The third-order valence-corrected chi connectivity index (χ3v) is 6.27. The summed E-state index contributed by atoms with van der Waals surface area (Å²) in [6.07, 6.45) is 0. The van der Waals surface area contributed by atoms with Gasteiger partial charge < -0.3 is 19.5 Å². The molecule has 0 aliphatic carbocycles. The minimum atomic E-state index is -2.97. The molecule has 0 radical (unpaired) electrons. The molecule has 0 spiro atoms. The third kappa shape index (κ3) is 9.69. The van der Waals surface area contributed by atoms with Crippen molar-refractivity contribution in [2.24, 2.45) is 0 Å². The number of rotatable bonds is 15. The van der Waals surface area contributed by atoms with Crippen LogP contribution in [0.4, 0.5) is 4.39 Å². The SMILES string of the molecule is C=C(C)C(=O)NCCOCCOCCOCCn1nnc(CN2CCS(=O)(=O)CC2)c1F. The van der Waals surface area contributed by atoms with E-state index in [1.54, 1.807) is 6.92 Å². The minimum absolute atomic E-state index is 0.0818. The molecule has 0 atom stereocenters. The van der Waals surface area contributed by atoms with Crippen LogP contribution in [-0.2, 0) is 41.9 Å². The maximum Gasteiger partial charge on any atom is 0.246 e. The van der Waals surface area contributed by atoms with Gasteiger partial charge in [-0.2, -0.15) is 4.39 Å². The van der Waals surface area contributed by atoms with Crippen LogP contribution in [0.25, 0.3) is 0 Å². The number of ether oxygens (including phenoxy) is 3. The Morgan fingerprint density at radius 3 is 2.31 bits per heavy atom. The molecule has 1 aromatic rings. The molecule has 1 N–H and O–H groups in total. The van der Waals surface area contributed by atoms with Gasteiger partial charge in [0, 0.05) is 31.8 Å². The van der Waals surface area contributed by atoms with Gasteiger partial charge in [0.2, 0.25) is 11.9 Å². The largest absolute Gasteiger partial charge is 0.377 e. The molecular formula is C19H32FN5O6S. The Bertz CT molecular complexity index is 833. The molecule has 0 saturated carbocycles. The summed E-state index contributed by atoms with van der Waals surface area (Å²) in [5.74, 6) is -0.560. The van der Waals surface area contributed by atoms with Crippen LogP contribution in [0.1, 0.15) is 12.6 Å². The Balaban J connectivity index is 1.48. The van der Waals surface area contributed by atoms with E-state index in [9.17, 15) is 17.6 Å². The number of halogens is 1. The van der Waals surface area contributed by atoms with Crippen LogP contribution in [0.2, 0.25) is 0 Å². The Morgan fingerprint density at radius 1 is 1.09 bits per heavy atom. The van der Waals surface area contributed by atoms with Gasteiger partial charge in [-0.1, -0.05) is 11.8 Å². The highest BCUT2D eigenvalue weighted by Gasteiger charge is 2.24. The minimum Gasteiger partial charge on any atom is -0.377 e. The lowest BCUT2D eigenvalue weighted by molar-refractivity contribution is -0.117. The second-order valence-electron chi connectivity index (χ2n) is 7.35. The fourth-order valence-corrected chi connectivity index (χ4v) is 4.05. The average molecular weight is 478 g/mol. The molecule has 1 aliphatic heterocycles. The zero-order valence-corrected chi connectivity index (χ0v) is 19.2. The zero-order chi connectivity index (χ0) is 23.4. The topological polar surface area (TPSA) is 125 Å². The lowest BCUT2D eigenvalue weighted by Crippen LogP contribution is -2.39. The second-order valence-corrected chi connectivity index (χ2v) is 9.66. The molecule has 0 unspecified atom stereocenters. The van der Waals surface area contributed by atoms with Crippen molar-refractivity contribution in [1.82, 2.24) is 25.2 Å². The number of nitrogens with one attached hydrogen (secondary N) is 1. The van der Waals surface area contributed by atoms with Crippen molar-refractivity contribution in [1.29, 1.82) is 0 Å². The average Bonchev–Trinajstić information content (AvgIpc) is 3.09. The molecule has 0 aromatic carbocycles. The van der Waals surface area contributed by atoms with Crippen molar-refractivity contribution in [3.63, 3.8) is 0 Å². The standard InChI is InChI=1S/C19H32FN5O6S/c1-16(2)19(26)21-3-7-29-9-11-31-12-10-30-8-4-25-18(20)17(22-23-25)15-24-5-13-32(27,28)14-6-24/h1,3-15H2,2H3,(H,21,26). The lowest BCUT2D eigenvalue weighted by atomic mass is 10.3. The summed E-state index contributed by atoms with van der Waals surface area (Å²) in [7, 11) is -2.97. The maximum atomic E-state index is 14.4. The molecule has 1 fully saturated rings. The van der Waals surface area contributed by atoms with Crippen LogP contribution in [0.5, 0.6) is 0 Å². The van der Waals surface area contributed by atoms with Gasteiger partial charge in [0.05, 0.1) is 57.7 Å². The van der Waals surface area contributed by atoms with Crippen LogP contribution in [0, 0.1) is 5.95 Å². The Hall–Kier alpha value is -1.93. The number of hydrogen-bond donors (Lipinski definition) is 1. The second kappa shape index (κ2) is 13.6. The molecular weight excluding hydrogens is 445 g/mol. The van der Waals surface area contributed by atoms with Crippen LogP contribution < -0.4 is 5.32 Å². The number of amides is 1. The van der Waals surface area contributed by atoms with Crippen molar-refractivity contribution in [2.75, 3.05) is 70.8 Å². The van der Waals surface area contributed by atoms with Crippen LogP contribution >= 0.6 is 0 Å². The highest BCUT2D eigenvalue weighted by Crippen LogP contribution is 2.10. The molecule has 1 aromatic heterocycles. The number of aromatic nitrogens is 3. The number of carbonyl (C=O) groups is 1. The van der Waals surface area contributed by atoms with E-state index in [4.69, 9.17) is 14.2 Å². The van der Waals surface area contributed by atoms with Gasteiger partial charge in [0.25, 0.3) is 0 Å². The highest BCUT2D eigenvalue weighted by atomic mass is 32.2. The molecule has 2 heterocycles. The normalized spacial score (nSPS) is 16.2. The van der Waals surface area contributed by atoms with E-state index in [1.807, 2.05) is 4.90 Å². The monoisotopic (exact) mass is 477 g/mol. The van der Waals surface area contributed by atoms with Crippen molar-refractivity contribution in [3.05, 3.63) is 23.8 Å². The molecule has 1 aliphatic rings. The predicted molar refractivity (Wildman–Crippen MR) is 114 cm³/mol. The predicted octanol–water partition coefficient (Wildman–Crippen LogP) is -0.610. The van der Waals surface area contributed by atoms with Crippen molar-refractivity contribution in [2.45, 2.75) is 20.0 Å². The van der Waals surface area contributed by atoms with E-state index in [0.717, 1.165) is 4.68 Å². The highest BCUT2D eigenvalue weighted by molar-refractivity contribution is 7.91. The molecule has 11 nitrogen and oxygen atoms in total. The third-order valence-electron chi connectivity index (χ3n) is 4.66. The quantitative estimate of drug-likeness (QED) is 0.260. The molecule has 32 heavy (non-hydrogen) atoms. The lowest BCUT2D eigenvalue weighted by Gasteiger charge is -2.25. The summed E-state index contributed by atoms with van der Waals surface area (Å²) in [5.41, 5.74) is 0.657. The first kappa shape index (κ1) is 26.3. The van der Waals surface area contributed by atoms with Crippen molar-refractivity contribution < 1.29 is 31.8 Å². The smallest absolute Gasteiger partial charge is 0.246 e. The van der Waals surface area contributed by atoms with Gasteiger partial charge in [-0.3, -0.25) is 9.69 Å². The number of carbonyl (C=O) groups excluding carboxylic acids is 1. The molecule has 2 rings (SSSR count). The van der Waals surface area contributed by atoms with E-state index in [1.165, 1.54) is 0 Å².